The molecule has 0 aromatic heterocycles. The number of methoxy groups -OCH3 is 1. The number of piperazine rings is 1. The van der Waals surface area contributed by atoms with Crippen molar-refractivity contribution in [3.05, 3.63) is 29.6 Å². The van der Waals surface area contributed by atoms with Crippen LogP contribution in [0.3, 0.4) is 0 Å². The van der Waals surface area contributed by atoms with Crippen molar-refractivity contribution in [2.45, 2.75) is 26.0 Å². The summed E-state index contributed by atoms with van der Waals surface area (Å²) < 4.78 is 18.8. The molecule has 1 atom stereocenters. The van der Waals surface area contributed by atoms with E-state index in [9.17, 15) is 14.0 Å². The number of anilines is 1. The van der Waals surface area contributed by atoms with E-state index in [0.29, 0.717) is 45.0 Å². The van der Waals surface area contributed by atoms with Crippen molar-refractivity contribution in [3.63, 3.8) is 0 Å². The van der Waals surface area contributed by atoms with E-state index < -0.39 is 11.8 Å². The third kappa shape index (κ3) is 5.10. The van der Waals surface area contributed by atoms with E-state index in [2.05, 4.69) is 20.7 Å². The maximum absolute atomic E-state index is 14.1. The first-order valence-corrected chi connectivity index (χ1v) is 9.09. The summed E-state index contributed by atoms with van der Waals surface area (Å²) in [5.41, 5.74) is 0.953. The van der Waals surface area contributed by atoms with Crippen LogP contribution in [-0.4, -0.2) is 67.2 Å². The molecule has 9 nitrogen and oxygen atoms in total. The molecule has 0 saturated carbocycles. The Labute approximate surface area is 162 Å². The van der Waals surface area contributed by atoms with Gasteiger partial charge in [0.1, 0.15) is 11.9 Å². The molecule has 1 fully saturated rings. The Balaban J connectivity index is 1.54. The lowest BCUT2D eigenvalue weighted by atomic mass is 10.1. The number of nitrogens with one attached hydrogen (secondary N) is 2. The van der Waals surface area contributed by atoms with E-state index in [-0.39, 0.29) is 17.9 Å². The Bertz CT molecular complexity index is 764. The number of hydrogen-bond acceptors (Lipinski definition) is 6. The van der Waals surface area contributed by atoms with Gasteiger partial charge < -0.3 is 19.8 Å². The predicted octanol–water partition coefficient (Wildman–Crippen LogP) is 1.95. The second-order valence-electron chi connectivity index (χ2n) is 6.78. The van der Waals surface area contributed by atoms with Gasteiger partial charge in [0, 0.05) is 39.1 Å². The Hall–Kier alpha value is -2.88. The molecule has 1 unspecified atom stereocenters. The lowest BCUT2D eigenvalue weighted by Gasteiger charge is -2.33. The normalized spacial score (nSPS) is 19.6. The molecule has 28 heavy (non-hydrogen) atoms. The van der Waals surface area contributed by atoms with Crippen molar-refractivity contribution < 1.29 is 23.6 Å². The van der Waals surface area contributed by atoms with Crippen LogP contribution < -0.4 is 10.6 Å². The highest BCUT2D eigenvalue weighted by Crippen LogP contribution is 2.18. The number of urea groups is 1. The minimum atomic E-state index is -0.570. The fourth-order valence-electron chi connectivity index (χ4n) is 3.10. The molecule has 0 aliphatic carbocycles. The summed E-state index contributed by atoms with van der Waals surface area (Å²) in [6.07, 6.45) is 0.0774. The highest BCUT2D eigenvalue weighted by Gasteiger charge is 2.22. The lowest BCUT2D eigenvalue weighted by Crippen LogP contribution is -2.48. The molecule has 10 heteroatoms. The molecule has 2 N–H and O–H groups in total. The number of benzene rings is 1. The second kappa shape index (κ2) is 8.87. The van der Waals surface area contributed by atoms with Crippen LogP contribution in [0.1, 0.15) is 18.9 Å². The lowest BCUT2D eigenvalue weighted by molar-refractivity contribution is 0.0889. The minimum Gasteiger partial charge on any atom is -0.453 e. The monoisotopic (exact) mass is 393 g/mol. The van der Waals surface area contributed by atoms with Crippen LogP contribution in [0.4, 0.5) is 19.7 Å². The number of oxime groups is 1. The quantitative estimate of drug-likeness (QED) is 0.819. The largest absolute Gasteiger partial charge is 0.453 e. The SMILES string of the molecule is COC(=O)N1CCN(Cc2ccc(F)c(NC(=O)NC3=NOC(C)C3)c2)CC1. The summed E-state index contributed by atoms with van der Waals surface area (Å²) in [6.45, 7) is 4.95. The molecule has 2 aliphatic rings. The Morgan fingerprint density at radius 2 is 2.04 bits per heavy atom. The molecule has 0 spiro atoms. The third-order valence-electron chi connectivity index (χ3n) is 4.57. The first-order valence-electron chi connectivity index (χ1n) is 9.09. The number of hydrogen-bond donors (Lipinski definition) is 2. The summed E-state index contributed by atoms with van der Waals surface area (Å²) in [5.74, 6) is -0.113. The average molecular weight is 393 g/mol. The molecule has 152 valence electrons. The van der Waals surface area contributed by atoms with Gasteiger partial charge in [-0.2, -0.15) is 0 Å². The van der Waals surface area contributed by atoms with Crippen molar-refractivity contribution in [2.24, 2.45) is 5.16 Å². The molecule has 2 heterocycles. The van der Waals surface area contributed by atoms with Crippen LogP contribution in [0.2, 0.25) is 0 Å². The van der Waals surface area contributed by atoms with Crippen LogP contribution in [0.5, 0.6) is 0 Å². The fraction of sp³-hybridized carbons (Fsp3) is 0.500. The van der Waals surface area contributed by atoms with Gasteiger partial charge in [-0.05, 0) is 24.6 Å². The Kier molecular flexibility index (Phi) is 6.30. The number of amides is 3. The van der Waals surface area contributed by atoms with Gasteiger partial charge in [-0.1, -0.05) is 11.2 Å². The molecular formula is C18H24FN5O4. The van der Waals surface area contributed by atoms with Crippen molar-refractivity contribution >= 4 is 23.6 Å². The van der Waals surface area contributed by atoms with Crippen molar-refractivity contribution in [3.8, 4) is 0 Å². The molecule has 2 aliphatic heterocycles. The molecule has 1 aromatic carbocycles. The zero-order valence-corrected chi connectivity index (χ0v) is 15.9. The van der Waals surface area contributed by atoms with Crippen LogP contribution in [-0.2, 0) is 16.1 Å². The number of carbonyl (C=O) groups is 2. The number of carbonyl (C=O) groups excluding carboxylic acids is 2. The number of ether oxygens (including phenoxy) is 1. The topological polar surface area (TPSA) is 95.5 Å². The van der Waals surface area contributed by atoms with E-state index >= 15 is 0 Å². The van der Waals surface area contributed by atoms with E-state index in [1.807, 2.05) is 6.92 Å². The molecule has 3 amide bonds. The third-order valence-corrected chi connectivity index (χ3v) is 4.57. The summed E-state index contributed by atoms with van der Waals surface area (Å²) in [5, 5.41) is 8.81. The highest BCUT2D eigenvalue weighted by molar-refractivity contribution is 6.03. The van der Waals surface area contributed by atoms with Gasteiger partial charge in [0.05, 0.1) is 12.8 Å². The molecule has 3 rings (SSSR count). The van der Waals surface area contributed by atoms with Crippen LogP contribution >= 0.6 is 0 Å². The fourth-order valence-corrected chi connectivity index (χ4v) is 3.10. The van der Waals surface area contributed by atoms with E-state index in [0.717, 1.165) is 5.56 Å². The van der Waals surface area contributed by atoms with E-state index in [4.69, 9.17) is 9.57 Å². The molecular weight excluding hydrogens is 369 g/mol. The second-order valence-corrected chi connectivity index (χ2v) is 6.78. The van der Waals surface area contributed by atoms with Gasteiger partial charge in [0.25, 0.3) is 0 Å². The summed E-state index contributed by atoms with van der Waals surface area (Å²) in [6, 6.07) is 4.05. The van der Waals surface area contributed by atoms with Gasteiger partial charge in [-0.3, -0.25) is 10.2 Å². The van der Waals surface area contributed by atoms with Crippen molar-refractivity contribution in [2.75, 3.05) is 38.6 Å². The summed E-state index contributed by atoms with van der Waals surface area (Å²) in [7, 11) is 1.37. The maximum Gasteiger partial charge on any atom is 0.409 e. The van der Waals surface area contributed by atoms with Crippen molar-refractivity contribution in [1.82, 2.24) is 15.1 Å². The van der Waals surface area contributed by atoms with Crippen LogP contribution in [0.15, 0.2) is 23.4 Å². The molecule has 0 bridgehead atoms. The number of halogens is 1. The Morgan fingerprint density at radius 3 is 2.68 bits per heavy atom. The van der Waals surface area contributed by atoms with Gasteiger partial charge in [0.2, 0.25) is 0 Å². The maximum atomic E-state index is 14.1. The molecule has 1 aromatic rings. The average Bonchev–Trinajstić information content (AvgIpc) is 3.09. The number of nitrogens with zero attached hydrogens (tertiary/aromatic N) is 3. The summed E-state index contributed by atoms with van der Waals surface area (Å²) in [4.78, 5) is 32.4. The van der Waals surface area contributed by atoms with Crippen molar-refractivity contribution in [1.29, 1.82) is 0 Å². The van der Waals surface area contributed by atoms with Gasteiger partial charge in [-0.25, -0.2) is 14.0 Å². The van der Waals surface area contributed by atoms with E-state index in [1.54, 1.807) is 17.0 Å². The predicted molar refractivity (Wildman–Crippen MR) is 100 cm³/mol. The van der Waals surface area contributed by atoms with Crippen LogP contribution in [0, 0.1) is 5.82 Å². The first kappa shape index (κ1) is 19.9. The Morgan fingerprint density at radius 1 is 1.29 bits per heavy atom. The first-order chi connectivity index (χ1) is 13.4. The highest BCUT2D eigenvalue weighted by atomic mass is 19.1. The van der Waals surface area contributed by atoms with Gasteiger partial charge in [0.15, 0.2) is 5.84 Å². The van der Waals surface area contributed by atoms with Gasteiger partial charge >= 0.3 is 12.1 Å². The molecule has 0 radical (unpaired) electrons. The zero-order chi connectivity index (χ0) is 20.1. The number of amidine groups is 1. The zero-order valence-electron chi connectivity index (χ0n) is 15.9. The van der Waals surface area contributed by atoms with Crippen LogP contribution in [0.25, 0.3) is 0 Å². The molecule has 1 saturated heterocycles. The smallest absolute Gasteiger partial charge is 0.409 e. The summed E-state index contributed by atoms with van der Waals surface area (Å²) >= 11 is 0. The van der Waals surface area contributed by atoms with E-state index in [1.165, 1.54) is 13.2 Å². The standard InChI is InChI=1S/C18H24FN5O4/c1-12-9-16(22-28-12)21-17(25)20-15-10-13(3-4-14(15)19)11-23-5-7-24(8-6-23)18(26)27-2/h3-4,10,12H,5-9,11H2,1-2H3,(H2,20,21,22,25). The number of rotatable bonds is 3. The van der Waals surface area contributed by atoms with Gasteiger partial charge in [-0.15, -0.1) is 0 Å². The minimum absolute atomic E-state index is 0.0880.